The summed E-state index contributed by atoms with van der Waals surface area (Å²) in [5, 5.41) is 0. The number of hydrogen-bond acceptors (Lipinski definition) is 2. The third-order valence-electron chi connectivity index (χ3n) is 3.04. The molecule has 1 aromatic heterocycles. The first-order chi connectivity index (χ1) is 8.97. The minimum atomic E-state index is 1.24. The highest BCUT2D eigenvalue weighted by molar-refractivity contribution is 5.46. The van der Waals surface area contributed by atoms with Crippen molar-refractivity contribution in [2.45, 2.75) is 19.3 Å². The molecule has 1 aromatic carbocycles. The van der Waals surface area contributed by atoms with Crippen LogP contribution in [0, 0.1) is 0 Å². The summed E-state index contributed by atoms with van der Waals surface area (Å²) >= 11 is 0. The molecule has 0 radical (unpaired) electrons. The number of rotatable bonds is 1. The van der Waals surface area contributed by atoms with Crippen LogP contribution in [0.5, 0.6) is 0 Å². The quantitative estimate of drug-likeness (QED) is 0.754. The van der Waals surface area contributed by atoms with Gasteiger partial charge in [-0.1, -0.05) is 24.3 Å². The van der Waals surface area contributed by atoms with Gasteiger partial charge in [-0.05, 0) is 43.5 Å². The Hall–Kier alpha value is -1.83. The lowest BCUT2D eigenvalue weighted by Gasteiger charge is -2.28. The lowest BCUT2D eigenvalue weighted by atomic mass is 10.1. The van der Waals surface area contributed by atoms with Crippen LogP contribution in [0.2, 0.25) is 0 Å². The zero-order chi connectivity index (χ0) is 12.5. The van der Waals surface area contributed by atoms with Crippen LogP contribution >= 0.6 is 0 Å². The van der Waals surface area contributed by atoms with Crippen LogP contribution in [0.3, 0.4) is 0 Å². The summed E-state index contributed by atoms with van der Waals surface area (Å²) in [4.78, 5) is 6.26. The zero-order valence-electron chi connectivity index (χ0n) is 10.7. The topological polar surface area (TPSA) is 16.1 Å². The summed E-state index contributed by atoms with van der Waals surface area (Å²) in [5.41, 5.74) is 1.39. The van der Waals surface area contributed by atoms with Crippen LogP contribution in [0.4, 0.5) is 5.69 Å². The number of benzene rings is 1. The molecule has 0 aliphatic carbocycles. The highest BCUT2D eigenvalue weighted by atomic mass is 15.1. The van der Waals surface area contributed by atoms with Gasteiger partial charge in [0.1, 0.15) is 0 Å². The Labute approximate surface area is 109 Å². The van der Waals surface area contributed by atoms with Gasteiger partial charge in [-0.15, -0.1) is 0 Å². The van der Waals surface area contributed by atoms with Gasteiger partial charge in [-0.3, -0.25) is 4.98 Å². The molecule has 18 heavy (non-hydrogen) atoms. The van der Waals surface area contributed by atoms with E-state index in [1.165, 1.54) is 38.0 Å². The van der Waals surface area contributed by atoms with Crippen molar-refractivity contribution < 1.29 is 0 Å². The van der Waals surface area contributed by atoms with Gasteiger partial charge >= 0.3 is 0 Å². The van der Waals surface area contributed by atoms with Crippen molar-refractivity contribution in [3.63, 3.8) is 0 Å². The van der Waals surface area contributed by atoms with Crippen LogP contribution in [-0.2, 0) is 0 Å². The second kappa shape index (κ2) is 7.49. The van der Waals surface area contributed by atoms with Gasteiger partial charge in [0.05, 0.1) is 0 Å². The maximum absolute atomic E-state index is 3.78. The van der Waals surface area contributed by atoms with Crippen molar-refractivity contribution in [3.8, 4) is 0 Å². The summed E-state index contributed by atoms with van der Waals surface area (Å²) in [5.74, 6) is 0. The lowest BCUT2D eigenvalue weighted by Crippen LogP contribution is -2.29. The van der Waals surface area contributed by atoms with Gasteiger partial charge < -0.3 is 4.90 Å². The van der Waals surface area contributed by atoms with E-state index in [-0.39, 0.29) is 0 Å². The normalized spacial score (nSPS) is 14.6. The number of aromatic nitrogens is 1. The molecule has 1 aliphatic heterocycles. The molecule has 2 nitrogen and oxygen atoms in total. The standard InChI is InChI=1S/C11H15N.C5H5N/c1-3-7-11(8-4-1)12-9-5-2-6-10-12;1-2-4-6-5-3-1/h1,3-4,7-8H,2,5-6,9-10H2;1-5H. The number of para-hydroxylation sites is 1. The summed E-state index contributed by atoms with van der Waals surface area (Å²) in [6, 6.07) is 16.4. The van der Waals surface area contributed by atoms with Crippen molar-refractivity contribution in [2.75, 3.05) is 18.0 Å². The highest BCUT2D eigenvalue weighted by Crippen LogP contribution is 2.18. The number of nitrogens with zero attached hydrogens (tertiary/aromatic N) is 2. The fourth-order valence-corrected chi connectivity index (χ4v) is 2.10. The summed E-state index contributed by atoms with van der Waals surface area (Å²) in [6.45, 7) is 2.48. The van der Waals surface area contributed by atoms with E-state index in [1.807, 2.05) is 18.2 Å². The molecule has 1 aliphatic rings. The second-order valence-electron chi connectivity index (χ2n) is 4.41. The average Bonchev–Trinajstić information content (AvgIpc) is 2.51. The minimum Gasteiger partial charge on any atom is -0.372 e. The van der Waals surface area contributed by atoms with E-state index in [4.69, 9.17) is 0 Å². The van der Waals surface area contributed by atoms with Crippen LogP contribution in [0.25, 0.3) is 0 Å². The maximum atomic E-state index is 3.78. The number of piperidine rings is 1. The molecule has 1 fully saturated rings. The molecule has 0 amide bonds. The molecular formula is C16H20N2. The number of anilines is 1. The summed E-state index contributed by atoms with van der Waals surface area (Å²) in [7, 11) is 0. The predicted molar refractivity (Wildman–Crippen MR) is 76.7 cm³/mol. The lowest BCUT2D eigenvalue weighted by molar-refractivity contribution is 0.578. The molecule has 0 bridgehead atoms. The van der Waals surface area contributed by atoms with Gasteiger partial charge in [0.25, 0.3) is 0 Å². The van der Waals surface area contributed by atoms with Gasteiger partial charge in [0, 0.05) is 31.2 Å². The van der Waals surface area contributed by atoms with Crippen molar-refractivity contribution in [1.29, 1.82) is 0 Å². The smallest absolute Gasteiger partial charge is 0.0366 e. The largest absolute Gasteiger partial charge is 0.372 e. The fourth-order valence-electron chi connectivity index (χ4n) is 2.10. The molecular weight excluding hydrogens is 220 g/mol. The van der Waals surface area contributed by atoms with E-state index < -0.39 is 0 Å². The van der Waals surface area contributed by atoms with Gasteiger partial charge in [-0.2, -0.15) is 0 Å². The molecule has 94 valence electrons. The Morgan fingerprint density at radius 3 is 1.83 bits per heavy atom. The van der Waals surface area contributed by atoms with Crippen molar-refractivity contribution >= 4 is 5.69 Å². The monoisotopic (exact) mass is 240 g/mol. The van der Waals surface area contributed by atoms with Crippen LogP contribution in [0.1, 0.15) is 19.3 Å². The zero-order valence-corrected chi connectivity index (χ0v) is 10.7. The van der Waals surface area contributed by atoms with Crippen LogP contribution < -0.4 is 4.90 Å². The van der Waals surface area contributed by atoms with Crippen molar-refractivity contribution in [2.24, 2.45) is 0 Å². The van der Waals surface area contributed by atoms with E-state index in [0.717, 1.165) is 0 Å². The number of hydrogen-bond donors (Lipinski definition) is 0. The summed E-state index contributed by atoms with van der Waals surface area (Å²) in [6.07, 6.45) is 7.62. The van der Waals surface area contributed by atoms with Crippen molar-refractivity contribution in [1.82, 2.24) is 4.98 Å². The average molecular weight is 240 g/mol. The molecule has 3 rings (SSSR count). The minimum absolute atomic E-state index is 1.24. The predicted octanol–water partition coefficient (Wildman–Crippen LogP) is 3.76. The molecule has 0 unspecified atom stereocenters. The molecule has 0 saturated carbocycles. The van der Waals surface area contributed by atoms with Gasteiger partial charge in [-0.25, -0.2) is 0 Å². The summed E-state index contributed by atoms with van der Waals surface area (Å²) < 4.78 is 0. The third-order valence-corrected chi connectivity index (χ3v) is 3.04. The fraction of sp³-hybridized carbons (Fsp3) is 0.312. The maximum Gasteiger partial charge on any atom is 0.0366 e. The van der Waals surface area contributed by atoms with E-state index in [0.29, 0.717) is 0 Å². The van der Waals surface area contributed by atoms with Crippen molar-refractivity contribution in [3.05, 3.63) is 60.9 Å². The first kappa shape index (κ1) is 12.6. The SMILES string of the molecule is c1ccc(N2CCCCC2)cc1.c1ccncc1. The second-order valence-corrected chi connectivity index (χ2v) is 4.41. The highest BCUT2D eigenvalue weighted by Gasteiger charge is 2.09. The van der Waals surface area contributed by atoms with Crippen LogP contribution in [-0.4, -0.2) is 18.1 Å². The molecule has 0 spiro atoms. The Bertz CT molecular complexity index is 381. The van der Waals surface area contributed by atoms with E-state index in [2.05, 4.69) is 40.2 Å². The molecule has 2 heterocycles. The van der Waals surface area contributed by atoms with Gasteiger partial charge in [0.15, 0.2) is 0 Å². The van der Waals surface area contributed by atoms with Gasteiger partial charge in [0.2, 0.25) is 0 Å². The molecule has 0 atom stereocenters. The first-order valence-electron chi connectivity index (χ1n) is 6.62. The third kappa shape index (κ3) is 4.21. The van der Waals surface area contributed by atoms with Crippen LogP contribution in [0.15, 0.2) is 60.9 Å². The molecule has 1 saturated heterocycles. The Morgan fingerprint density at radius 1 is 0.722 bits per heavy atom. The Kier molecular flexibility index (Phi) is 5.25. The number of pyridine rings is 1. The van der Waals surface area contributed by atoms with E-state index >= 15 is 0 Å². The Morgan fingerprint density at radius 2 is 1.33 bits per heavy atom. The molecule has 2 aromatic rings. The Balaban J connectivity index is 0.000000169. The first-order valence-corrected chi connectivity index (χ1v) is 6.62. The molecule has 2 heteroatoms. The van der Waals surface area contributed by atoms with E-state index in [1.54, 1.807) is 12.4 Å². The van der Waals surface area contributed by atoms with E-state index in [9.17, 15) is 0 Å². The molecule has 0 N–H and O–H groups in total.